The molecular formula is C23H28N4O2. The zero-order valence-corrected chi connectivity index (χ0v) is 17.2. The highest BCUT2D eigenvalue weighted by molar-refractivity contribution is 6.02. The molecule has 0 radical (unpaired) electrons. The molecule has 0 aliphatic carbocycles. The SMILES string of the molecule is CC(=O)Nc1ccc(/C=C/C(=O)Nc2ccc(N3CCC(N(C)C)C3)cc2)cc1. The average Bonchev–Trinajstić information content (AvgIpc) is 3.18. The van der Waals surface area contributed by atoms with Gasteiger partial charge < -0.3 is 20.4 Å². The first-order chi connectivity index (χ1) is 13.9. The highest BCUT2D eigenvalue weighted by Gasteiger charge is 2.23. The maximum Gasteiger partial charge on any atom is 0.248 e. The molecule has 2 aromatic rings. The molecule has 6 heteroatoms. The van der Waals surface area contributed by atoms with Crippen molar-refractivity contribution in [1.29, 1.82) is 0 Å². The Hall–Kier alpha value is -3.12. The van der Waals surface area contributed by atoms with Crippen molar-refractivity contribution in [3.8, 4) is 0 Å². The number of nitrogens with one attached hydrogen (secondary N) is 2. The smallest absolute Gasteiger partial charge is 0.248 e. The van der Waals surface area contributed by atoms with Gasteiger partial charge in [-0.3, -0.25) is 9.59 Å². The minimum absolute atomic E-state index is 0.110. The zero-order chi connectivity index (χ0) is 20.8. The molecule has 1 fully saturated rings. The lowest BCUT2D eigenvalue weighted by Crippen LogP contribution is -2.31. The predicted molar refractivity (Wildman–Crippen MR) is 119 cm³/mol. The Balaban J connectivity index is 1.53. The van der Waals surface area contributed by atoms with Gasteiger partial charge in [-0.05, 0) is 68.6 Å². The zero-order valence-electron chi connectivity index (χ0n) is 17.2. The van der Waals surface area contributed by atoms with E-state index in [4.69, 9.17) is 0 Å². The molecule has 0 bridgehead atoms. The van der Waals surface area contributed by atoms with Gasteiger partial charge in [0.15, 0.2) is 0 Å². The van der Waals surface area contributed by atoms with Crippen LogP contribution in [0.25, 0.3) is 6.08 Å². The lowest BCUT2D eigenvalue weighted by Gasteiger charge is -2.22. The fraction of sp³-hybridized carbons (Fsp3) is 0.304. The second-order valence-corrected chi connectivity index (χ2v) is 7.52. The number of nitrogens with zero attached hydrogens (tertiary/aromatic N) is 2. The van der Waals surface area contributed by atoms with Crippen molar-refractivity contribution in [2.75, 3.05) is 42.7 Å². The quantitative estimate of drug-likeness (QED) is 0.739. The Morgan fingerprint density at radius 2 is 1.62 bits per heavy atom. The summed E-state index contributed by atoms with van der Waals surface area (Å²) < 4.78 is 0. The average molecular weight is 393 g/mol. The van der Waals surface area contributed by atoms with E-state index in [0.29, 0.717) is 6.04 Å². The maximum absolute atomic E-state index is 12.2. The van der Waals surface area contributed by atoms with E-state index in [0.717, 1.165) is 30.0 Å². The van der Waals surface area contributed by atoms with Gasteiger partial charge in [-0.1, -0.05) is 12.1 Å². The highest BCUT2D eigenvalue weighted by Crippen LogP contribution is 2.23. The predicted octanol–water partition coefficient (Wildman–Crippen LogP) is 3.44. The summed E-state index contributed by atoms with van der Waals surface area (Å²) in [5, 5.41) is 5.60. The summed E-state index contributed by atoms with van der Waals surface area (Å²) in [6.07, 6.45) is 4.42. The van der Waals surface area contributed by atoms with E-state index >= 15 is 0 Å². The Morgan fingerprint density at radius 1 is 1.00 bits per heavy atom. The summed E-state index contributed by atoms with van der Waals surface area (Å²) in [7, 11) is 4.25. The van der Waals surface area contributed by atoms with Crippen LogP contribution in [0.4, 0.5) is 17.1 Å². The minimum Gasteiger partial charge on any atom is -0.370 e. The fourth-order valence-electron chi connectivity index (χ4n) is 3.39. The van der Waals surface area contributed by atoms with Crippen LogP contribution < -0.4 is 15.5 Å². The van der Waals surface area contributed by atoms with Crippen LogP contribution in [0.3, 0.4) is 0 Å². The van der Waals surface area contributed by atoms with Crippen molar-refractivity contribution >= 4 is 35.0 Å². The van der Waals surface area contributed by atoms with Gasteiger partial charge in [-0.25, -0.2) is 0 Å². The van der Waals surface area contributed by atoms with E-state index in [1.807, 2.05) is 24.3 Å². The molecule has 0 spiro atoms. The Kier molecular flexibility index (Phi) is 6.67. The number of hydrogen-bond acceptors (Lipinski definition) is 4. The summed E-state index contributed by atoms with van der Waals surface area (Å²) in [6, 6.07) is 15.9. The molecule has 1 unspecified atom stereocenters. The van der Waals surface area contributed by atoms with E-state index in [1.165, 1.54) is 25.1 Å². The van der Waals surface area contributed by atoms with Crippen LogP contribution in [0.15, 0.2) is 54.6 Å². The van der Waals surface area contributed by atoms with E-state index in [-0.39, 0.29) is 11.8 Å². The third-order valence-electron chi connectivity index (χ3n) is 5.05. The molecule has 2 N–H and O–H groups in total. The van der Waals surface area contributed by atoms with Gasteiger partial charge in [0.1, 0.15) is 0 Å². The molecule has 0 saturated carbocycles. The molecule has 3 rings (SSSR count). The number of hydrogen-bond donors (Lipinski definition) is 2. The molecular weight excluding hydrogens is 364 g/mol. The monoisotopic (exact) mass is 392 g/mol. The summed E-state index contributed by atoms with van der Waals surface area (Å²) in [5.41, 5.74) is 3.57. The molecule has 0 aromatic heterocycles. The van der Waals surface area contributed by atoms with Crippen molar-refractivity contribution in [3.05, 3.63) is 60.2 Å². The van der Waals surface area contributed by atoms with E-state index in [9.17, 15) is 9.59 Å². The molecule has 2 aromatic carbocycles. The topological polar surface area (TPSA) is 64.7 Å². The number of rotatable bonds is 6. The van der Waals surface area contributed by atoms with Gasteiger partial charge in [-0.15, -0.1) is 0 Å². The minimum atomic E-state index is -0.183. The van der Waals surface area contributed by atoms with Gasteiger partial charge in [0.25, 0.3) is 0 Å². The van der Waals surface area contributed by atoms with Gasteiger partial charge in [-0.2, -0.15) is 0 Å². The Labute approximate surface area is 172 Å². The lowest BCUT2D eigenvalue weighted by molar-refractivity contribution is -0.114. The molecule has 1 saturated heterocycles. The van der Waals surface area contributed by atoms with Crippen molar-refractivity contribution in [3.63, 3.8) is 0 Å². The van der Waals surface area contributed by atoms with E-state index < -0.39 is 0 Å². The summed E-state index contributed by atoms with van der Waals surface area (Å²) in [5.74, 6) is -0.293. The van der Waals surface area contributed by atoms with Gasteiger partial charge in [0.05, 0.1) is 0 Å². The molecule has 1 aliphatic rings. The number of benzene rings is 2. The van der Waals surface area contributed by atoms with E-state index in [2.05, 4.69) is 46.7 Å². The van der Waals surface area contributed by atoms with E-state index in [1.54, 1.807) is 18.2 Å². The first kappa shape index (κ1) is 20.6. The van der Waals surface area contributed by atoms with Crippen LogP contribution in [0.5, 0.6) is 0 Å². The van der Waals surface area contributed by atoms with Crippen molar-refractivity contribution in [2.45, 2.75) is 19.4 Å². The number of anilines is 3. The lowest BCUT2D eigenvalue weighted by atomic mass is 10.2. The number of likely N-dealkylation sites (N-methyl/N-ethyl adjacent to an activating group) is 1. The van der Waals surface area contributed by atoms with Crippen LogP contribution in [-0.4, -0.2) is 49.9 Å². The van der Waals surface area contributed by atoms with Crippen molar-refractivity contribution in [1.82, 2.24) is 4.90 Å². The summed E-state index contributed by atoms with van der Waals surface area (Å²) in [6.45, 7) is 3.55. The van der Waals surface area contributed by atoms with Crippen molar-refractivity contribution in [2.24, 2.45) is 0 Å². The normalized spacial score (nSPS) is 16.4. The third kappa shape index (κ3) is 5.93. The summed E-state index contributed by atoms with van der Waals surface area (Å²) in [4.78, 5) is 27.9. The summed E-state index contributed by atoms with van der Waals surface area (Å²) >= 11 is 0. The first-order valence-corrected chi connectivity index (χ1v) is 9.79. The Morgan fingerprint density at radius 3 is 2.21 bits per heavy atom. The van der Waals surface area contributed by atoms with Crippen LogP contribution >= 0.6 is 0 Å². The molecule has 2 amide bonds. The second kappa shape index (κ2) is 9.39. The number of carbonyl (C=O) groups excluding carboxylic acids is 2. The van der Waals surface area contributed by atoms with Crippen LogP contribution in [-0.2, 0) is 9.59 Å². The third-order valence-corrected chi connectivity index (χ3v) is 5.05. The molecule has 152 valence electrons. The van der Waals surface area contributed by atoms with Crippen LogP contribution in [0.1, 0.15) is 18.9 Å². The molecule has 29 heavy (non-hydrogen) atoms. The van der Waals surface area contributed by atoms with Gasteiger partial charge in [0, 0.05) is 49.2 Å². The molecule has 1 heterocycles. The van der Waals surface area contributed by atoms with Crippen LogP contribution in [0, 0.1) is 0 Å². The largest absolute Gasteiger partial charge is 0.370 e. The number of amides is 2. The fourth-order valence-corrected chi connectivity index (χ4v) is 3.39. The highest BCUT2D eigenvalue weighted by atomic mass is 16.2. The standard InChI is InChI=1S/C23H28N4O2/c1-17(28)24-19-7-4-18(5-8-19)6-13-23(29)25-20-9-11-21(12-10-20)27-15-14-22(16-27)26(2)3/h4-13,22H,14-16H2,1-3H3,(H,24,28)(H,25,29)/b13-6+. The number of carbonyl (C=O) groups is 2. The van der Waals surface area contributed by atoms with Gasteiger partial charge in [0.2, 0.25) is 11.8 Å². The first-order valence-electron chi connectivity index (χ1n) is 9.79. The maximum atomic E-state index is 12.2. The molecule has 1 atom stereocenters. The Bertz CT molecular complexity index is 873. The molecule has 1 aliphatic heterocycles. The molecule has 6 nitrogen and oxygen atoms in total. The van der Waals surface area contributed by atoms with Crippen molar-refractivity contribution < 1.29 is 9.59 Å². The van der Waals surface area contributed by atoms with Gasteiger partial charge >= 0.3 is 0 Å². The van der Waals surface area contributed by atoms with Crippen LogP contribution in [0.2, 0.25) is 0 Å². The second-order valence-electron chi connectivity index (χ2n) is 7.52.